The number of benzene rings is 1. The second kappa shape index (κ2) is 5.17. The Morgan fingerprint density at radius 1 is 1.37 bits per heavy atom. The molecule has 3 heteroatoms. The number of esters is 1. The first-order valence-electron chi connectivity index (χ1n) is 6.57. The van der Waals surface area contributed by atoms with Crippen molar-refractivity contribution < 1.29 is 9.53 Å². The highest BCUT2D eigenvalue weighted by molar-refractivity contribution is 5.81. The van der Waals surface area contributed by atoms with E-state index in [1.165, 1.54) is 5.56 Å². The van der Waals surface area contributed by atoms with Crippen LogP contribution in [0.4, 0.5) is 0 Å². The quantitative estimate of drug-likeness (QED) is 0.473. The molecule has 0 amide bonds. The Balaban J connectivity index is 1.99. The van der Waals surface area contributed by atoms with E-state index in [1.54, 1.807) is 0 Å². The van der Waals surface area contributed by atoms with Gasteiger partial charge in [-0.05, 0) is 26.3 Å². The van der Waals surface area contributed by atoms with Crippen LogP contribution < -0.4 is 0 Å². The third kappa shape index (κ3) is 3.44. The Kier molecular flexibility index (Phi) is 3.76. The van der Waals surface area contributed by atoms with Crippen LogP contribution in [0.2, 0.25) is 0 Å². The molecule has 1 heterocycles. The minimum Gasteiger partial charge on any atom is -0.459 e. The molecule has 1 aliphatic rings. The summed E-state index contributed by atoms with van der Waals surface area (Å²) < 4.78 is 5.43. The monoisotopic (exact) mass is 259 g/mol. The van der Waals surface area contributed by atoms with E-state index < -0.39 is 5.60 Å². The summed E-state index contributed by atoms with van der Waals surface area (Å²) in [6, 6.07) is 10.0. The van der Waals surface area contributed by atoms with Crippen molar-refractivity contribution in [3.63, 3.8) is 0 Å². The lowest BCUT2D eigenvalue weighted by Crippen LogP contribution is -2.28. The molecule has 0 radical (unpaired) electrons. The summed E-state index contributed by atoms with van der Waals surface area (Å²) in [6.45, 7) is 10.2. The summed E-state index contributed by atoms with van der Waals surface area (Å²) in [6.07, 6.45) is 1.82. The van der Waals surface area contributed by atoms with Crippen molar-refractivity contribution in [2.24, 2.45) is 0 Å². The van der Waals surface area contributed by atoms with Gasteiger partial charge in [-0.3, -0.25) is 9.69 Å². The average Bonchev–Trinajstić information content (AvgIpc) is 3.01. The molecule has 0 N–H and O–H groups in total. The van der Waals surface area contributed by atoms with Crippen LogP contribution in [0.1, 0.15) is 26.3 Å². The van der Waals surface area contributed by atoms with Gasteiger partial charge in [0.15, 0.2) is 0 Å². The van der Waals surface area contributed by atoms with E-state index in [4.69, 9.17) is 4.74 Å². The van der Waals surface area contributed by atoms with E-state index in [2.05, 4.69) is 23.6 Å². The zero-order chi connectivity index (χ0) is 14.0. The summed E-state index contributed by atoms with van der Waals surface area (Å²) in [5.74, 6) is -0.159. The average molecular weight is 259 g/mol. The van der Waals surface area contributed by atoms with Crippen LogP contribution in [0.25, 0.3) is 0 Å². The van der Waals surface area contributed by atoms with Crippen molar-refractivity contribution in [3.05, 3.63) is 48.6 Å². The molecule has 1 aromatic rings. The van der Waals surface area contributed by atoms with Crippen LogP contribution >= 0.6 is 0 Å². The highest BCUT2D eigenvalue weighted by Gasteiger charge is 2.52. The second-order valence-electron chi connectivity index (χ2n) is 5.86. The van der Waals surface area contributed by atoms with Crippen molar-refractivity contribution in [1.82, 2.24) is 4.90 Å². The molecule has 0 bridgehead atoms. The van der Waals surface area contributed by atoms with E-state index in [9.17, 15) is 4.79 Å². The SMILES string of the molecule is C=C[C@@H]1[C@@H](C(=O)OC(C)(C)C)N1Cc1ccccc1. The van der Waals surface area contributed by atoms with Gasteiger partial charge in [-0.1, -0.05) is 36.4 Å². The number of carbonyl (C=O) groups is 1. The van der Waals surface area contributed by atoms with Gasteiger partial charge in [0.25, 0.3) is 0 Å². The van der Waals surface area contributed by atoms with Crippen LogP contribution in [0.15, 0.2) is 43.0 Å². The number of nitrogens with zero attached hydrogens (tertiary/aromatic N) is 1. The molecular formula is C16H21NO2. The maximum absolute atomic E-state index is 12.1. The zero-order valence-electron chi connectivity index (χ0n) is 11.8. The second-order valence-corrected chi connectivity index (χ2v) is 5.86. The number of ether oxygens (including phenoxy) is 1. The molecule has 0 aromatic heterocycles. The lowest BCUT2D eigenvalue weighted by Gasteiger charge is -2.19. The third-order valence-corrected chi connectivity index (χ3v) is 3.07. The largest absolute Gasteiger partial charge is 0.459 e. The molecule has 1 saturated heterocycles. The molecule has 1 unspecified atom stereocenters. The van der Waals surface area contributed by atoms with E-state index in [-0.39, 0.29) is 18.1 Å². The number of hydrogen-bond acceptors (Lipinski definition) is 3. The Bertz CT molecular complexity index is 461. The fraction of sp³-hybridized carbons (Fsp3) is 0.438. The summed E-state index contributed by atoms with van der Waals surface area (Å²) >= 11 is 0. The first-order valence-corrected chi connectivity index (χ1v) is 6.57. The van der Waals surface area contributed by atoms with Crippen molar-refractivity contribution in [2.75, 3.05) is 0 Å². The zero-order valence-corrected chi connectivity index (χ0v) is 11.8. The minimum atomic E-state index is -0.441. The van der Waals surface area contributed by atoms with E-state index in [0.717, 1.165) is 6.54 Å². The Morgan fingerprint density at radius 2 is 2.00 bits per heavy atom. The van der Waals surface area contributed by atoms with Crippen LogP contribution in [-0.2, 0) is 16.1 Å². The third-order valence-electron chi connectivity index (χ3n) is 3.07. The summed E-state index contributed by atoms with van der Waals surface area (Å²) in [5, 5.41) is 0. The van der Waals surface area contributed by atoms with Crippen molar-refractivity contribution >= 4 is 5.97 Å². The van der Waals surface area contributed by atoms with E-state index in [1.807, 2.05) is 45.0 Å². The van der Waals surface area contributed by atoms with Gasteiger partial charge in [-0.25, -0.2) is 0 Å². The van der Waals surface area contributed by atoms with Gasteiger partial charge in [0.05, 0.1) is 6.04 Å². The van der Waals surface area contributed by atoms with Gasteiger partial charge >= 0.3 is 5.97 Å². The molecule has 0 saturated carbocycles. The summed E-state index contributed by atoms with van der Waals surface area (Å²) in [4.78, 5) is 14.2. The predicted octanol–water partition coefficient (Wildman–Crippen LogP) is 2.77. The molecule has 0 aliphatic carbocycles. The topological polar surface area (TPSA) is 29.3 Å². The molecular weight excluding hydrogens is 238 g/mol. The van der Waals surface area contributed by atoms with E-state index in [0.29, 0.717) is 0 Å². The van der Waals surface area contributed by atoms with Gasteiger partial charge in [0, 0.05) is 6.54 Å². The van der Waals surface area contributed by atoms with Gasteiger partial charge in [0.1, 0.15) is 11.6 Å². The maximum Gasteiger partial charge on any atom is 0.325 e. The Morgan fingerprint density at radius 3 is 2.53 bits per heavy atom. The van der Waals surface area contributed by atoms with Gasteiger partial charge in [-0.15, -0.1) is 6.58 Å². The molecule has 0 spiro atoms. The van der Waals surface area contributed by atoms with Gasteiger partial charge in [0.2, 0.25) is 0 Å². The van der Waals surface area contributed by atoms with Crippen molar-refractivity contribution in [2.45, 2.75) is 45.0 Å². The normalized spacial score (nSPS) is 25.7. The lowest BCUT2D eigenvalue weighted by atomic mass is 10.2. The molecule has 1 fully saturated rings. The minimum absolute atomic E-state index is 0.0926. The highest BCUT2D eigenvalue weighted by Crippen LogP contribution is 2.33. The van der Waals surface area contributed by atoms with Gasteiger partial charge < -0.3 is 4.74 Å². The molecule has 1 aliphatic heterocycles. The highest BCUT2D eigenvalue weighted by atomic mass is 16.6. The first kappa shape index (κ1) is 13.8. The summed E-state index contributed by atoms with van der Waals surface area (Å²) in [7, 11) is 0. The molecule has 3 nitrogen and oxygen atoms in total. The molecule has 3 atom stereocenters. The predicted molar refractivity (Wildman–Crippen MR) is 75.6 cm³/mol. The van der Waals surface area contributed by atoms with Crippen LogP contribution in [-0.4, -0.2) is 28.6 Å². The molecule has 1 aromatic carbocycles. The molecule has 102 valence electrons. The lowest BCUT2D eigenvalue weighted by molar-refractivity contribution is -0.155. The number of hydrogen-bond donors (Lipinski definition) is 0. The maximum atomic E-state index is 12.1. The fourth-order valence-corrected chi connectivity index (χ4v) is 2.20. The summed E-state index contributed by atoms with van der Waals surface area (Å²) in [5.41, 5.74) is 0.754. The molecule has 2 rings (SSSR count). The van der Waals surface area contributed by atoms with Crippen molar-refractivity contribution in [1.29, 1.82) is 0 Å². The van der Waals surface area contributed by atoms with Crippen molar-refractivity contribution in [3.8, 4) is 0 Å². The fourth-order valence-electron chi connectivity index (χ4n) is 2.20. The van der Waals surface area contributed by atoms with Crippen LogP contribution in [0, 0.1) is 0 Å². The first-order chi connectivity index (χ1) is 8.92. The Labute approximate surface area is 114 Å². The Hall–Kier alpha value is -1.61. The van der Waals surface area contributed by atoms with Crippen LogP contribution in [0.3, 0.4) is 0 Å². The number of carbonyl (C=O) groups excluding carboxylic acids is 1. The van der Waals surface area contributed by atoms with Crippen LogP contribution in [0.5, 0.6) is 0 Å². The van der Waals surface area contributed by atoms with Gasteiger partial charge in [-0.2, -0.15) is 0 Å². The van der Waals surface area contributed by atoms with E-state index >= 15 is 0 Å². The molecule has 19 heavy (non-hydrogen) atoms. The standard InChI is InChI=1S/C16H21NO2/c1-5-13-14(15(18)19-16(2,3)4)17(13)11-12-9-7-6-8-10-12/h5-10,13-14H,1,11H2,2-4H3/t13-,14+,17?/m1/s1. The number of rotatable bonds is 4. The smallest absolute Gasteiger partial charge is 0.325 e.